The van der Waals surface area contributed by atoms with Gasteiger partial charge in [-0.1, -0.05) is 30.3 Å². The van der Waals surface area contributed by atoms with Crippen LogP contribution in [0.1, 0.15) is 35.9 Å². The number of nitrogens with one attached hydrogen (secondary N) is 1. The molecule has 0 fully saturated rings. The first-order valence-electron chi connectivity index (χ1n) is 8.80. The predicted molar refractivity (Wildman–Crippen MR) is 117 cm³/mol. The minimum absolute atomic E-state index is 0. The van der Waals surface area contributed by atoms with Crippen LogP contribution in [0.3, 0.4) is 0 Å². The van der Waals surface area contributed by atoms with Gasteiger partial charge in [-0.2, -0.15) is 5.10 Å². The molecule has 2 rings (SSSR count). The maximum atomic E-state index is 5.94. The number of benzene rings is 1. The van der Waals surface area contributed by atoms with Gasteiger partial charge in [0, 0.05) is 31.0 Å². The van der Waals surface area contributed by atoms with E-state index in [1.54, 1.807) is 0 Å². The Kier molecular flexibility index (Phi) is 10.3. The number of nitrogens with zero attached hydrogens (tertiary/aromatic N) is 3. The predicted octanol–water partition coefficient (Wildman–Crippen LogP) is 3.00. The maximum absolute atomic E-state index is 5.94. The molecule has 2 aromatic rings. The summed E-state index contributed by atoms with van der Waals surface area (Å²) in [5.74, 6) is 0.464. The fraction of sp³-hybridized carbons (Fsp3) is 0.474. The lowest BCUT2D eigenvalue weighted by Gasteiger charge is -2.07. The third kappa shape index (κ3) is 6.95. The number of halogens is 1. The van der Waals surface area contributed by atoms with Crippen LogP contribution in [-0.4, -0.2) is 35.5 Å². The molecular formula is C19H30IN5O. The van der Waals surface area contributed by atoms with Gasteiger partial charge in [-0.25, -0.2) is 4.99 Å². The normalized spacial score (nSPS) is 11.3. The minimum atomic E-state index is 0. The molecule has 1 aromatic heterocycles. The number of aliphatic imine (C=N–C) groups is 1. The van der Waals surface area contributed by atoms with Crippen molar-refractivity contribution in [3.63, 3.8) is 0 Å². The Balaban J connectivity index is 0.00000338. The summed E-state index contributed by atoms with van der Waals surface area (Å²) in [5.41, 5.74) is 10.4. The summed E-state index contributed by atoms with van der Waals surface area (Å²) in [6.07, 6.45) is 0.914. The number of hydrogen-bond acceptors (Lipinski definition) is 3. The van der Waals surface area contributed by atoms with E-state index >= 15 is 0 Å². The van der Waals surface area contributed by atoms with Crippen molar-refractivity contribution in [2.45, 2.75) is 40.3 Å². The van der Waals surface area contributed by atoms with E-state index in [1.165, 1.54) is 5.56 Å². The van der Waals surface area contributed by atoms with Crippen LogP contribution in [0.25, 0.3) is 0 Å². The summed E-state index contributed by atoms with van der Waals surface area (Å²) in [4.78, 5) is 4.44. The van der Waals surface area contributed by atoms with Gasteiger partial charge in [-0.15, -0.1) is 24.0 Å². The van der Waals surface area contributed by atoms with Crippen molar-refractivity contribution >= 4 is 29.9 Å². The highest BCUT2D eigenvalue weighted by Gasteiger charge is 2.11. The van der Waals surface area contributed by atoms with Crippen LogP contribution in [0.5, 0.6) is 0 Å². The molecule has 0 radical (unpaired) electrons. The van der Waals surface area contributed by atoms with Gasteiger partial charge >= 0.3 is 0 Å². The topological polar surface area (TPSA) is 77.5 Å². The van der Waals surface area contributed by atoms with Crippen molar-refractivity contribution in [3.8, 4) is 0 Å². The van der Waals surface area contributed by atoms with Gasteiger partial charge < -0.3 is 15.8 Å². The Morgan fingerprint density at radius 3 is 2.69 bits per heavy atom. The van der Waals surface area contributed by atoms with Crippen molar-refractivity contribution in [2.24, 2.45) is 10.7 Å². The molecule has 1 aromatic carbocycles. The molecule has 7 heteroatoms. The van der Waals surface area contributed by atoms with E-state index in [4.69, 9.17) is 10.5 Å². The van der Waals surface area contributed by atoms with Crippen LogP contribution in [-0.2, 0) is 17.8 Å². The molecule has 3 N–H and O–H groups in total. The van der Waals surface area contributed by atoms with E-state index in [-0.39, 0.29) is 24.0 Å². The molecule has 0 aliphatic carbocycles. The van der Waals surface area contributed by atoms with Gasteiger partial charge in [0.25, 0.3) is 0 Å². The highest BCUT2D eigenvalue weighted by atomic mass is 127. The minimum Gasteiger partial charge on any atom is -0.382 e. The third-order valence-corrected chi connectivity index (χ3v) is 4.09. The summed E-state index contributed by atoms with van der Waals surface area (Å²) in [5, 5.41) is 7.77. The van der Waals surface area contributed by atoms with Gasteiger partial charge in [-0.3, -0.25) is 4.68 Å². The Bertz CT molecular complexity index is 685. The molecule has 144 valence electrons. The van der Waals surface area contributed by atoms with E-state index in [2.05, 4.69) is 34.5 Å². The smallest absolute Gasteiger partial charge is 0.188 e. The number of aromatic nitrogens is 2. The summed E-state index contributed by atoms with van der Waals surface area (Å²) in [6, 6.07) is 10.3. The average molecular weight is 471 g/mol. The first kappa shape index (κ1) is 22.4. The van der Waals surface area contributed by atoms with Crippen LogP contribution in [0, 0.1) is 13.8 Å². The Hall–Kier alpha value is -1.61. The van der Waals surface area contributed by atoms with Crippen molar-refractivity contribution in [1.82, 2.24) is 15.1 Å². The maximum Gasteiger partial charge on any atom is 0.188 e. The van der Waals surface area contributed by atoms with E-state index in [9.17, 15) is 0 Å². The Labute approximate surface area is 173 Å². The molecule has 6 nitrogen and oxygen atoms in total. The monoisotopic (exact) mass is 471 g/mol. The zero-order valence-corrected chi connectivity index (χ0v) is 18.2. The molecule has 0 bridgehead atoms. The van der Waals surface area contributed by atoms with Crippen LogP contribution in [0.2, 0.25) is 0 Å². The molecule has 0 spiro atoms. The molecule has 0 saturated carbocycles. The molecule has 0 unspecified atom stereocenters. The molecular weight excluding hydrogens is 441 g/mol. The molecule has 0 saturated heterocycles. The first-order valence-corrected chi connectivity index (χ1v) is 8.80. The van der Waals surface area contributed by atoms with Crippen molar-refractivity contribution in [3.05, 3.63) is 52.8 Å². The summed E-state index contributed by atoms with van der Waals surface area (Å²) >= 11 is 0. The first-order chi connectivity index (χ1) is 12.1. The average Bonchev–Trinajstić information content (AvgIpc) is 2.87. The SMILES string of the molecule is CCOCCCNC(N)=NCc1c(C)nn(Cc2ccccc2)c1C.I. The highest BCUT2D eigenvalue weighted by Crippen LogP contribution is 2.15. The molecule has 0 aliphatic heterocycles. The standard InChI is InChI=1S/C19H29N5O.HI/c1-4-25-12-8-11-21-19(20)22-13-18-15(2)23-24(16(18)3)14-17-9-6-5-7-10-17;/h5-7,9-10H,4,8,11-14H2,1-3H3,(H3,20,21,22);1H. The van der Waals surface area contributed by atoms with Gasteiger partial charge in [0.1, 0.15) is 0 Å². The lowest BCUT2D eigenvalue weighted by molar-refractivity contribution is 0.145. The Morgan fingerprint density at radius 1 is 1.27 bits per heavy atom. The number of rotatable bonds is 9. The molecule has 26 heavy (non-hydrogen) atoms. The van der Waals surface area contributed by atoms with E-state index in [0.717, 1.165) is 49.7 Å². The van der Waals surface area contributed by atoms with E-state index < -0.39 is 0 Å². The number of hydrogen-bond donors (Lipinski definition) is 2. The highest BCUT2D eigenvalue weighted by molar-refractivity contribution is 14.0. The number of nitrogens with two attached hydrogens (primary N) is 1. The van der Waals surface area contributed by atoms with Crippen LogP contribution >= 0.6 is 24.0 Å². The second-order valence-electron chi connectivity index (χ2n) is 5.97. The van der Waals surface area contributed by atoms with Crippen LogP contribution in [0.15, 0.2) is 35.3 Å². The molecule has 1 heterocycles. The second-order valence-corrected chi connectivity index (χ2v) is 5.97. The lowest BCUT2D eigenvalue weighted by atomic mass is 10.2. The number of guanidine groups is 1. The summed E-state index contributed by atoms with van der Waals surface area (Å²) < 4.78 is 7.32. The number of aryl methyl sites for hydroxylation is 1. The van der Waals surface area contributed by atoms with Crippen molar-refractivity contribution in [2.75, 3.05) is 19.8 Å². The fourth-order valence-electron chi connectivity index (χ4n) is 2.63. The second kappa shape index (κ2) is 11.9. The third-order valence-electron chi connectivity index (χ3n) is 4.09. The van der Waals surface area contributed by atoms with Gasteiger partial charge in [-0.05, 0) is 32.8 Å². The van der Waals surface area contributed by atoms with Gasteiger partial charge in [0.2, 0.25) is 0 Å². The lowest BCUT2D eigenvalue weighted by Crippen LogP contribution is -2.32. The summed E-state index contributed by atoms with van der Waals surface area (Å²) in [7, 11) is 0. The molecule has 0 atom stereocenters. The fourth-order valence-corrected chi connectivity index (χ4v) is 2.63. The van der Waals surface area contributed by atoms with Gasteiger partial charge in [0.05, 0.1) is 18.8 Å². The zero-order chi connectivity index (χ0) is 18.1. The quantitative estimate of drug-likeness (QED) is 0.255. The van der Waals surface area contributed by atoms with Crippen molar-refractivity contribution < 1.29 is 4.74 Å². The van der Waals surface area contributed by atoms with Gasteiger partial charge in [0.15, 0.2) is 5.96 Å². The summed E-state index contributed by atoms with van der Waals surface area (Å²) in [6.45, 7) is 9.65. The molecule has 0 aliphatic rings. The van der Waals surface area contributed by atoms with Crippen molar-refractivity contribution in [1.29, 1.82) is 0 Å². The number of ether oxygens (including phenoxy) is 1. The van der Waals surface area contributed by atoms with Crippen LogP contribution < -0.4 is 11.1 Å². The Morgan fingerprint density at radius 2 is 2.00 bits per heavy atom. The molecule has 0 amide bonds. The zero-order valence-electron chi connectivity index (χ0n) is 15.9. The van der Waals surface area contributed by atoms with Crippen LogP contribution in [0.4, 0.5) is 0 Å². The largest absolute Gasteiger partial charge is 0.382 e. The van der Waals surface area contributed by atoms with E-state index in [0.29, 0.717) is 12.5 Å². The van der Waals surface area contributed by atoms with E-state index in [1.807, 2.05) is 36.7 Å².